The van der Waals surface area contributed by atoms with Gasteiger partial charge in [-0.3, -0.25) is 9.36 Å². The lowest BCUT2D eigenvalue weighted by atomic mass is 9.95. The van der Waals surface area contributed by atoms with E-state index in [0.29, 0.717) is 20.6 Å². The summed E-state index contributed by atoms with van der Waals surface area (Å²) in [6.07, 6.45) is 1.85. The second-order valence-corrected chi connectivity index (χ2v) is 9.19. The lowest BCUT2D eigenvalue weighted by Crippen LogP contribution is -2.39. The van der Waals surface area contributed by atoms with E-state index in [2.05, 4.69) is 20.9 Å². The molecule has 0 N–H and O–H groups in total. The van der Waals surface area contributed by atoms with Crippen LogP contribution in [0.25, 0.3) is 6.08 Å². The van der Waals surface area contributed by atoms with Gasteiger partial charge in [0.25, 0.3) is 5.56 Å². The zero-order chi connectivity index (χ0) is 22.1. The first-order valence-corrected chi connectivity index (χ1v) is 11.5. The minimum Gasteiger partial charge on any atom is -0.463 e. The van der Waals surface area contributed by atoms with Gasteiger partial charge in [0.2, 0.25) is 0 Å². The average molecular weight is 497 g/mol. The summed E-state index contributed by atoms with van der Waals surface area (Å²) in [5.41, 5.74) is 3.64. The first kappa shape index (κ1) is 21.5. The monoisotopic (exact) mass is 496 g/mol. The van der Waals surface area contributed by atoms with Gasteiger partial charge in [-0.05, 0) is 50.1 Å². The Morgan fingerprint density at radius 2 is 1.97 bits per heavy atom. The second-order valence-electron chi connectivity index (χ2n) is 7.27. The van der Waals surface area contributed by atoms with Gasteiger partial charge in [-0.2, -0.15) is 0 Å². The molecule has 3 aromatic rings. The Balaban J connectivity index is 1.96. The molecule has 0 saturated carbocycles. The Kier molecular flexibility index (Phi) is 6.07. The molecule has 1 aliphatic heterocycles. The van der Waals surface area contributed by atoms with E-state index in [1.165, 1.54) is 11.3 Å². The minimum atomic E-state index is -0.583. The Hall–Kier alpha value is -2.77. The number of esters is 1. The third kappa shape index (κ3) is 4.20. The van der Waals surface area contributed by atoms with Crippen molar-refractivity contribution in [3.63, 3.8) is 0 Å². The van der Waals surface area contributed by atoms with Crippen LogP contribution in [-0.4, -0.2) is 17.1 Å². The predicted molar refractivity (Wildman–Crippen MR) is 126 cm³/mol. The summed E-state index contributed by atoms with van der Waals surface area (Å²) in [4.78, 5) is 31.5. The molecule has 0 aliphatic carbocycles. The summed E-state index contributed by atoms with van der Waals surface area (Å²) in [5.74, 6) is -0.449. The molecule has 0 spiro atoms. The smallest absolute Gasteiger partial charge is 0.338 e. The fourth-order valence-electron chi connectivity index (χ4n) is 3.60. The number of nitrogens with zero attached hydrogens (tertiary/aromatic N) is 2. The summed E-state index contributed by atoms with van der Waals surface area (Å²) < 4.78 is 8.42. The third-order valence-corrected chi connectivity index (χ3v) is 6.53. The zero-order valence-electron chi connectivity index (χ0n) is 17.4. The van der Waals surface area contributed by atoms with Crippen molar-refractivity contribution in [3.8, 4) is 0 Å². The molecule has 31 heavy (non-hydrogen) atoms. The van der Waals surface area contributed by atoms with Crippen molar-refractivity contribution in [1.29, 1.82) is 0 Å². The van der Waals surface area contributed by atoms with Gasteiger partial charge in [0, 0.05) is 4.47 Å². The van der Waals surface area contributed by atoms with Gasteiger partial charge in [-0.15, -0.1) is 0 Å². The van der Waals surface area contributed by atoms with Crippen LogP contribution in [0.3, 0.4) is 0 Å². The molecule has 0 fully saturated rings. The second kappa shape index (κ2) is 8.77. The molecule has 2 aromatic carbocycles. The van der Waals surface area contributed by atoms with E-state index in [0.717, 1.165) is 21.2 Å². The predicted octanol–water partition coefficient (Wildman–Crippen LogP) is 3.87. The van der Waals surface area contributed by atoms with Crippen molar-refractivity contribution in [2.75, 3.05) is 6.61 Å². The van der Waals surface area contributed by atoms with E-state index < -0.39 is 12.0 Å². The van der Waals surface area contributed by atoms with Crippen LogP contribution in [0.4, 0.5) is 0 Å². The third-order valence-electron chi connectivity index (χ3n) is 5.06. The lowest BCUT2D eigenvalue weighted by Gasteiger charge is -2.24. The SMILES string of the molecule is CCOC(=O)C1=C(C)N=c2s/c(=C\c3cccc(Br)c3)c(=O)n2[C@@H]1c1ccc(C)cc1. The highest BCUT2D eigenvalue weighted by Crippen LogP contribution is 2.30. The molecule has 1 aromatic heterocycles. The van der Waals surface area contributed by atoms with E-state index in [9.17, 15) is 9.59 Å². The highest BCUT2D eigenvalue weighted by Gasteiger charge is 2.33. The Morgan fingerprint density at radius 3 is 2.65 bits per heavy atom. The molecule has 0 unspecified atom stereocenters. The number of carbonyl (C=O) groups excluding carboxylic acids is 1. The molecule has 2 heterocycles. The normalized spacial score (nSPS) is 16.1. The summed E-state index contributed by atoms with van der Waals surface area (Å²) in [6.45, 7) is 5.81. The number of benzene rings is 2. The van der Waals surface area contributed by atoms with Crippen molar-refractivity contribution < 1.29 is 9.53 Å². The van der Waals surface area contributed by atoms with Gasteiger partial charge in [0.1, 0.15) is 0 Å². The van der Waals surface area contributed by atoms with Crippen LogP contribution < -0.4 is 14.9 Å². The van der Waals surface area contributed by atoms with Gasteiger partial charge < -0.3 is 4.74 Å². The first-order valence-electron chi connectivity index (χ1n) is 9.91. The molecule has 7 heteroatoms. The van der Waals surface area contributed by atoms with Crippen molar-refractivity contribution >= 4 is 39.3 Å². The Morgan fingerprint density at radius 1 is 1.23 bits per heavy atom. The number of rotatable bonds is 4. The largest absolute Gasteiger partial charge is 0.463 e. The van der Waals surface area contributed by atoms with Gasteiger partial charge in [0.15, 0.2) is 4.80 Å². The van der Waals surface area contributed by atoms with Crippen LogP contribution >= 0.6 is 27.3 Å². The number of thiazole rings is 1. The molecule has 5 nitrogen and oxygen atoms in total. The number of ether oxygens (including phenoxy) is 1. The fraction of sp³-hybridized carbons (Fsp3) is 0.208. The summed E-state index contributed by atoms with van der Waals surface area (Å²) >= 11 is 4.79. The maximum Gasteiger partial charge on any atom is 0.338 e. The van der Waals surface area contributed by atoms with Crippen LogP contribution in [0, 0.1) is 6.92 Å². The standard InChI is InChI=1S/C24H21BrN2O3S/c1-4-30-23(29)20-15(3)26-24-27(21(20)17-10-8-14(2)9-11-17)22(28)19(31-24)13-16-6-5-7-18(25)12-16/h5-13,21H,4H2,1-3H3/b19-13-/t21-/m1/s1. The zero-order valence-corrected chi connectivity index (χ0v) is 19.8. The number of hydrogen-bond acceptors (Lipinski definition) is 5. The maximum atomic E-state index is 13.5. The van der Waals surface area contributed by atoms with E-state index >= 15 is 0 Å². The van der Waals surface area contributed by atoms with Gasteiger partial charge in [-0.1, -0.05) is 69.2 Å². The minimum absolute atomic E-state index is 0.177. The topological polar surface area (TPSA) is 60.7 Å². The molecule has 0 bridgehead atoms. The molecule has 1 atom stereocenters. The Bertz CT molecular complexity index is 1370. The molecule has 0 amide bonds. The molecular weight excluding hydrogens is 476 g/mol. The molecular formula is C24H21BrN2O3S. The maximum absolute atomic E-state index is 13.5. The van der Waals surface area contributed by atoms with Gasteiger partial charge in [0.05, 0.1) is 28.5 Å². The highest BCUT2D eigenvalue weighted by molar-refractivity contribution is 9.10. The van der Waals surface area contributed by atoms with Gasteiger partial charge >= 0.3 is 5.97 Å². The lowest BCUT2D eigenvalue weighted by molar-refractivity contribution is -0.139. The van der Waals surface area contributed by atoms with E-state index in [-0.39, 0.29) is 12.2 Å². The van der Waals surface area contributed by atoms with Crippen molar-refractivity contribution in [1.82, 2.24) is 4.57 Å². The number of fused-ring (bicyclic) bond motifs is 1. The van der Waals surface area contributed by atoms with Crippen LogP contribution in [0.1, 0.15) is 36.6 Å². The van der Waals surface area contributed by atoms with E-state index in [1.807, 2.05) is 61.5 Å². The molecule has 158 valence electrons. The van der Waals surface area contributed by atoms with Crippen molar-refractivity contribution in [2.24, 2.45) is 4.99 Å². The van der Waals surface area contributed by atoms with Crippen LogP contribution in [0.5, 0.6) is 0 Å². The molecule has 0 radical (unpaired) electrons. The number of aromatic nitrogens is 1. The van der Waals surface area contributed by atoms with Crippen LogP contribution in [-0.2, 0) is 9.53 Å². The summed E-state index contributed by atoms with van der Waals surface area (Å²) in [6, 6.07) is 15.0. The van der Waals surface area contributed by atoms with Crippen LogP contribution in [0.2, 0.25) is 0 Å². The number of aryl methyl sites for hydroxylation is 1. The molecule has 0 saturated heterocycles. The summed E-state index contributed by atoms with van der Waals surface area (Å²) in [5, 5.41) is 0. The number of carbonyl (C=O) groups is 1. The summed E-state index contributed by atoms with van der Waals surface area (Å²) in [7, 11) is 0. The molecule has 4 rings (SSSR count). The van der Waals surface area contributed by atoms with Crippen LogP contribution in [0.15, 0.2) is 74.1 Å². The highest BCUT2D eigenvalue weighted by atomic mass is 79.9. The number of halogens is 1. The first-order chi connectivity index (χ1) is 14.9. The van der Waals surface area contributed by atoms with E-state index in [1.54, 1.807) is 18.4 Å². The number of allylic oxidation sites excluding steroid dienone is 1. The Labute approximate surface area is 192 Å². The number of hydrogen-bond donors (Lipinski definition) is 0. The van der Waals surface area contributed by atoms with E-state index in [4.69, 9.17) is 4.74 Å². The quantitative estimate of drug-likeness (QED) is 0.515. The fourth-order valence-corrected chi connectivity index (χ4v) is 5.07. The van der Waals surface area contributed by atoms with Gasteiger partial charge in [-0.25, -0.2) is 9.79 Å². The van der Waals surface area contributed by atoms with Crippen molar-refractivity contribution in [3.05, 3.63) is 101 Å². The van der Waals surface area contributed by atoms with Crippen molar-refractivity contribution in [2.45, 2.75) is 26.8 Å². The average Bonchev–Trinajstić information content (AvgIpc) is 3.02. The molecule has 1 aliphatic rings.